The monoisotopic (exact) mass is 251 g/mol. The van der Waals surface area contributed by atoms with Crippen molar-refractivity contribution in [3.05, 3.63) is 35.9 Å². The molecular formula is C14H21NOS. The smallest absolute Gasteiger partial charge is 0.0607 e. The van der Waals surface area contributed by atoms with Gasteiger partial charge < -0.3 is 10.1 Å². The number of hydrogen-bond acceptors (Lipinski definition) is 3. The van der Waals surface area contributed by atoms with E-state index in [2.05, 4.69) is 42.6 Å². The summed E-state index contributed by atoms with van der Waals surface area (Å²) in [5, 5.41) is 4.34. The standard InChI is InChI=1S/C14H21NOS/c1-2-8-15-14(11-17-13-9-16-10-13)12-6-4-3-5-7-12/h3-7,13-15H,2,8-11H2,1H3. The maximum atomic E-state index is 5.21. The van der Waals surface area contributed by atoms with E-state index in [9.17, 15) is 0 Å². The highest BCUT2D eigenvalue weighted by atomic mass is 32.2. The molecule has 0 radical (unpaired) electrons. The molecule has 2 rings (SSSR count). The summed E-state index contributed by atoms with van der Waals surface area (Å²) >= 11 is 2.03. The fraction of sp³-hybridized carbons (Fsp3) is 0.571. The first-order valence-corrected chi connectivity index (χ1v) is 7.42. The molecule has 1 fully saturated rings. The van der Waals surface area contributed by atoms with Crippen molar-refractivity contribution in [1.29, 1.82) is 0 Å². The zero-order valence-electron chi connectivity index (χ0n) is 10.4. The first-order valence-electron chi connectivity index (χ1n) is 6.38. The molecule has 1 saturated heterocycles. The summed E-state index contributed by atoms with van der Waals surface area (Å²) in [6, 6.07) is 11.2. The number of benzene rings is 1. The Morgan fingerprint density at radius 2 is 2.12 bits per heavy atom. The van der Waals surface area contributed by atoms with Gasteiger partial charge >= 0.3 is 0 Å². The average Bonchev–Trinajstić information content (AvgIpc) is 2.32. The van der Waals surface area contributed by atoms with Crippen LogP contribution in [0.2, 0.25) is 0 Å². The lowest BCUT2D eigenvalue weighted by atomic mass is 10.1. The Morgan fingerprint density at radius 1 is 1.35 bits per heavy atom. The second-order valence-electron chi connectivity index (χ2n) is 4.41. The largest absolute Gasteiger partial charge is 0.379 e. The third-order valence-corrected chi connectivity index (χ3v) is 4.22. The molecule has 1 aromatic rings. The first kappa shape index (κ1) is 12.9. The predicted molar refractivity (Wildman–Crippen MR) is 74.5 cm³/mol. The zero-order chi connectivity index (χ0) is 11.9. The summed E-state index contributed by atoms with van der Waals surface area (Å²) in [7, 11) is 0. The molecule has 2 nitrogen and oxygen atoms in total. The molecule has 1 unspecified atom stereocenters. The SMILES string of the molecule is CCCNC(CSC1COC1)c1ccccc1. The van der Waals surface area contributed by atoms with Crippen LogP contribution in [0, 0.1) is 0 Å². The molecule has 3 heteroatoms. The lowest BCUT2D eigenvalue weighted by Gasteiger charge is -2.27. The van der Waals surface area contributed by atoms with Gasteiger partial charge in [0.1, 0.15) is 0 Å². The van der Waals surface area contributed by atoms with E-state index in [4.69, 9.17) is 4.74 Å². The molecule has 1 aliphatic rings. The second-order valence-corrected chi connectivity index (χ2v) is 5.74. The van der Waals surface area contributed by atoms with E-state index in [1.807, 2.05) is 11.8 Å². The fourth-order valence-corrected chi connectivity index (χ4v) is 2.98. The van der Waals surface area contributed by atoms with Crippen LogP contribution < -0.4 is 5.32 Å². The minimum atomic E-state index is 0.474. The van der Waals surface area contributed by atoms with Crippen molar-refractivity contribution in [1.82, 2.24) is 5.32 Å². The van der Waals surface area contributed by atoms with E-state index in [1.165, 1.54) is 12.0 Å². The Hall–Kier alpha value is -0.510. The van der Waals surface area contributed by atoms with E-state index in [1.54, 1.807) is 0 Å². The first-order chi connectivity index (χ1) is 8.40. The van der Waals surface area contributed by atoms with Gasteiger partial charge in [0.15, 0.2) is 0 Å². The predicted octanol–water partition coefficient (Wildman–Crippen LogP) is 2.86. The highest BCUT2D eigenvalue weighted by Crippen LogP contribution is 2.25. The van der Waals surface area contributed by atoms with Gasteiger partial charge in [0.2, 0.25) is 0 Å². The topological polar surface area (TPSA) is 21.3 Å². The van der Waals surface area contributed by atoms with Gasteiger partial charge in [0.05, 0.1) is 18.5 Å². The molecule has 0 spiro atoms. The third-order valence-electron chi connectivity index (χ3n) is 2.95. The van der Waals surface area contributed by atoms with Gasteiger partial charge in [0.25, 0.3) is 0 Å². The van der Waals surface area contributed by atoms with Crippen molar-refractivity contribution in [2.24, 2.45) is 0 Å². The number of nitrogens with one attached hydrogen (secondary N) is 1. The molecule has 17 heavy (non-hydrogen) atoms. The summed E-state index contributed by atoms with van der Waals surface area (Å²) in [5.74, 6) is 1.14. The van der Waals surface area contributed by atoms with Crippen LogP contribution in [0.5, 0.6) is 0 Å². The molecule has 0 amide bonds. The molecule has 1 aliphatic heterocycles. The van der Waals surface area contributed by atoms with Crippen molar-refractivity contribution in [3.63, 3.8) is 0 Å². The van der Waals surface area contributed by atoms with Gasteiger partial charge in [-0.3, -0.25) is 0 Å². The lowest BCUT2D eigenvalue weighted by Crippen LogP contribution is -2.32. The van der Waals surface area contributed by atoms with Crippen LogP contribution in [-0.4, -0.2) is 30.8 Å². The van der Waals surface area contributed by atoms with Gasteiger partial charge in [-0.05, 0) is 18.5 Å². The number of ether oxygens (including phenoxy) is 1. The van der Waals surface area contributed by atoms with Crippen LogP contribution in [0.4, 0.5) is 0 Å². The highest BCUT2D eigenvalue weighted by Gasteiger charge is 2.21. The molecular weight excluding hydrogens is 230 g/mol. The molecule has 1 aromatic carbocycles. The molecule has 1 heterocycles. The quantitative estimate of drug-likeness (QED) is 0.805. The van der Waals surface area contributed by atoms with Crippen LogP contribution in [0.15, 0.2) is 30.3 Å². The second kappa shape index (κ2) is 7.04. The summed E-state index contributed by atoms with van der Waals surface area (Å²) in [5.41, 5.74) is 1.40. The van der Waals surface area contributed by atoms with E-state index in [-0.39, 0.29) is 0 Å². The van der Waals surface area contributed by atoms with Crippen LogP contribution >= 0.6 is 11.8 Å². The zero-order valence-corrected chi connectivity index (χ0v) is 11.2. The molecule has 0 bridgehead atoms. The normalized spacial score (nSPS) is 17.7. The average molecular weight is 251 g/mol. The van der Waals surface area contributed by atoms with E-state index >= 15 is 0 Å². The van der Waals surface area contributed by atoms with Crippen LogP contribution in [0.3, 0.4) is 0 Å². The number of thioether (sulfide) groups is 1. The molecule has 0 aromatic heterocycles. The molecule has 0 aliphatic carbocycles. The maximum Gasteiger partial charge on any atom is 0.0607 e. The molecule has 1 atom stereocenters. The van der Waals surface area contributed by atoms with Gasteiger partial charge in [-0.1, -0.05) is 37.3 Å². The van der Waals surface area contributed by atoms with Crippen molar-refractivity contribution < 1.29 is 4.74 Å². The molecule has 1 N–H and O–H groups in total. The Kier molecular flexibility index (Phi) is 5.36. The Balaban J connectivity index is 1.87. The Labute approximate surface area is 108 Å². The Bertz CT molecular complexity index is 313. The lowest BCUT2D eigenvalue weighted by molar-refractivity contribution is 0.0455. The summed E-state index contributed by atoms with van der Waals surface area (Å²) in [4.78, 5) is 0. The van der Waals surface area contributed by atoms with Crippen molar-refractivity contribution in [3.8, 4) is 0 Å². The van der Waals surface area contributed by atoms with Crippen LogP contribution in [-0.2, 0) is 4.74 Å². The molecule has 0 saturated carbocycles. The third kappa shape index (κ3) is 4.02. The van der Waals surface area contributed by atoms with E-state index in [0.29, 0.717) is 11.3 Å². The summed E-state index contributed by atoms with van der Waals surface area (Å²) < 4.78 is 5.21. The van der Waals surface area contributed by atoms with Crippen LogP contribution in [0.25, 0.3) is 0 Å². The van der Waals surface area contributed by atoms with Crippen LogP contribution in [0.1, 0.15) is 24.9 Å². The number of rotatable bonds is 7. The molecule has 94 valence electrons. The minimum Gasteiger partial charge on any atom is -0.379 e. The van der Waals surface area contributed by atoms with E-state index in [0.717, 1.165) is 25.5 Å². The van der Waals surface area contributed by atoms with Gasteiger partial charge in [0, 0.05) is 11.8 Å². The maximum absolute atomic E-state index is 5.21. The highest BCUT2D eigenvalue weighted by molar-refractivity contribution is 8.00. The van der Waals surface area contributed by atoms with Crippen molar-refractivity contribution >= 4 is 11.8 Å². The van der Waals surface area contributed by atoms with Gasteiger partial charge in [-0.2, -0.15) is 11.8 Å². The summed E-state index contributed by atoms with van der Waals surface area (Å²) in [6.45, 7) is 5.16. The number of hydrogen-bond donors (Lipinski definition) is 1. The Morgan fingerprint density at radius 3 is 2.71 bits per heavy atom. The fourth-order valence-electron chi connectivity index (χ4n) is 1.82. The minimum absolute atomic E-state index is 0.474. The van der Waals surface area contributed by atoms with Crippen molar-refractivity contribution in [2.75, 3.05) is 25.5 Å². The van der Waals surface area contributed by atoms with E-state index < -0.39 is 0 Å². The van der Waals surface area contributed by atoms with Gasteiger partial charge in [-0.15, -0.1) is 0 Å². The van der Waals surface area contributed by atoms with Crippen molar-refractivity contribution in [2.45, 2.75) is 24.6 Å². The summed E-state index contributed by atoms with van der Waals surface area (Å²) in [6.07, 6.45) is 1.18. The van der Waals surface area contributed by atoms with Gasteiger partial charge in [-0.25, -0.2) is 0 Å².